The first-order valence-electron chi connectivity index (χ1n) is 14.5. The van der Waals surface area contributed by atoms with Crippen LogP contribution in [0.15, 0.2) is 47.1 Å². The smallest absolute Gasteiger partial charge is 0.300 e. The van der Waals surface area contributed by atoms with Crippen LogP contribution in [0.4, 0.5) is 17.5 Å². The molecular formula is C30H33ClN8O3. The summed E-state index contributed by atoms with van der Waals surface area (Å²) < 4.78 is 19.6. The summed E-state index contributed by atoms with van der Waals surface area (Å²) in [6, 6.07) is 12.1. The van der Waals surface area contributed by atoms with Crippen molar-refractivity contribution in [3.8, 4) is 17.0 Å². The number of nitrogens with zero attached hydrogens (tertiary/aromatic N) is 6. The van der Waals surface area contributed by atoms with Gasteiger partial charge in [-0.15, -0.1) is 0 Å². The molecule has 2 aliphatic rings. The van der Waals surface area contributed by atoms with Crippen LogP contribution in [0.3, 0.4) is 0 Å². The fourth-order valence-corrected chi connectivity index (χ4v) is 6.06. The highest BCUT2D eigenvalue weighted by atomic mass is 35.5. The summed E-state index contributed by atoms with van der Waals surface area (Å²) in [6.45, 7) is 5.01. The second-order valence-electron chi connectivity index (χ2n) is 10.8. The Morgan fingerprint density at radius 1 is 1.07 bits per heavy atom. The van der Waals surface area contributed by atoms with E-state index in [1.54, 1.807) is 12.1 Å². The Balaban J connectivity index is 1.08. The van der Waals surface area contributed by atoms with Crippen LogP contribution in [0.1, 0.15) is 38.1 Å². The molecule has 0 amide bonds. The average Bonchev–Trinajstić information content (AvgIpc) is 3.75. The number of rotatable bonds is 9. The van der Waals surface area contributed by atoms with Crippen molar-refractivity contribution in [3.63, 3.8) is 0 Å². The maximum Gasteiger partial charge on any atom is 0.300 e. The highest BCUT2D eigenvalue weighted by Gasteiger charge is 2.24. The number of hydrogen-bond donors (Lipinski definition) is 2. The normalized spacial score (nSPS) is 16.5. The quantitative estimate of drug-likeness (QED) is 0.203. The van der Waals surface area contributed by atoms with Crippen molar-refractivity contribution in [2.75, 3.05) is 50.5 Å². The average molecular weight is 589 g/mol. The molecule has 1 saturated heterocycles. The van der Waals surface area contributed by atoms with Crippen molar-refractivity contribution in [3.05, 3.63) is 47.7 Å². The van der Waals surface area contributed by atoms with Crippen LogP contribution in [0.2, 0.25) is 5.02 Å². The molecule has 3 aromatic heterocycles. The van der Waals surface area contributed by atoms with Crippen LogP contribution < -0.4 is 15.8 Å². The first-order valence-corrected chi connectivity index (χ1v) is 14.9. The van der Waals surface area contributed by atoms with E-state index >= 15 is 0 Å². The lowest BCUT2D eigenvalue weighted by Gasteiger charge is -2.26. The minimum Gasteiger partial charge on any atom is -0.489 e. The number of hydrogen-bond acceptors (Lipinski definition) is 10. The summed E-state index contributed by atoms with van der Waals surface area (Å²) in [5, 5.41) is 9.56. The molecule has 2 fully saturated rings. The Labute approximate surface area is 248 Å². The van der Waals surface area contributed by atoms with E-state index < -0.39 is 0 Å². The number of nitrogens with two attached hydrogens (primary N) is 1. The van der Waals surface area contributed by atoms with E-state index in [-0.39, 0.29) is 0 Å². The van der Waals surface area contributed by atoms with Crippen LogP contribution in [0.25, 0.3) is 33.4 Å². The summed E-state index contributed by atoms with van der Waals surface area (Å²) in [5.74, 6) is 1.02. The van der Waals surface area contributed by atoms with E-state index in [0.29, 0.717) is 46.4 Å². The molecule has 1 saturated carbocycles. The summed E-state index contributed by atoms with van der Waals surface area (Å²) in [4.78, 5) is 15.8. The topological polar surface area (TPSA) is 129 Å². The van der Waals surface area contributed by atoms with Gasteiger partial charge in [0, 0.05) is 42.0 Å². The van der Waals surface area contributed by atoms with Gasteiger partial charge in [-0.2, -0.15) is 10.1 Å². The van der Waals surface area contributed by atoms with Gasteiger partial charge in [0.05, 0.1) is 31.2 Å². The van der Waals surface area contributed by atoms with Crippen LogP contribution in [0.5, 0.6) is 5.75 Å². The lowest BCUT2D eigenvalue weighted by Crippen LogP contribution is -2.37. The monoisotopic (exact) mass is 588 g/mol. The van der Waals surface area contributed by atoms with Crippen LogP contribution >= 0.6 is 11.6 Å². The van der Waals surface area contributed by atoms with Gasteiger partial charge >= 0.3 is 0 Å². The molecule has 7 rings (SSSR count). The van der Waals surface area contributed by atoms with Crippen molar-refractivity contribution in [1.29, 1.82) is 0 Å². The third-order valence-electron chi connectivity index (χ3n) is 8.00. The molecular weight excluding hydrogens is 556 g/mol. The number of nitrogen functional groups attached to an aromatic ring is 1. The molecule has 0 atom stereocenters. The Morgan fingerprint density at radius 2 is 1.88 bits per heavy atom. The first kappa shape index (κ1) is 26.9. The Morgan fingerprint density at radius 3 is 2.69 bits per heavy atom. The zero-order chi connectivity index (χ0) is 28.5. The SMILES string of the molecule is Nc1ncnc2c1c(-c1ccc(Nc3nc4cc(Cl)cc(OCCCN5CCOCC5)c4o3)cc1)nn2C1CCCC1. The van der Waals surface area contributed by atoms with Crippen molar-refractivity contribution >= 4 is 51.3 Å². The van der Waals surface area contributed by atoms with Crippen LogP contribution in [0, 0.1) is 0 Å². The maximum absolute atomic E-state index is 6.37. The fourth-order valence-electron chi connectivity index (χ4n) is 5.86. The summed E-state index contributed by atoms with van der Waals surface area (Å²) in [5.41, 5.74) is 10.8. The summed E-state index contributed by atoms with van der Waals surface area (Å²) >= 11 is 6.37. The van der Waals surface area contributed by atoms with Crippen molar-refractivity contribution in [1.82, 2.24) is 29.6 Å². The number of ether oxygens (including phenoxy) is 2. The number of fused-ring (bicyclic) bond motifs is 2. The van der Waals surface area contributed by atoms with Gasteiger partial charge in [0.2, 0.25) is 0 Å². The number of halogens is 1. The predicted molar refractivity (Wildman–Crippen MR) is 162 cm³/mol. The van der Waals surface area contributed by atoms with Gasteiger partial charge in [-0.25, -0.2) is 14.6 Å². The molecule has 0 radical (unpaired) electrons. The number of morpholine rings is 1. The van der Waals surface area contributed by atoms with E-state index in [0.717, 1.165) is 80.1 Å². The molecule has 218 valence electrons. The largest absolute Gasteiger partial charge is 0.489 e. The molecule has 42 heavy (non-hydrogen) atoms. The molecule has 4 heterocycles. The highest BCUT2D eigenvalue weighted by molar-refractivity contribution is 6.31. The standard InChI is InChI=1S/C30H33ClN8O3/c31-20-16-23-27(24(17-20)41-13-3-10-38-11-14-40-15-12-38)42-30(36-23)35-21-8-6-19(7-9-21)26-25-28(32)33-18-34-29(25)39(37-26)22-4-1-2-5-22/h6-9,16-18,22H,1-5,10-15H2,(H,35,36)(H2,32,33,34). The van der Waals surface area contributed by atoms with E-state index in [1.165, 1.54) is 19.2 Å². The number of anilines is 3. The number of oxazole rings is 1. The molecule has 0 spiro atoms. The fraction of sp³-hybridized carbons (Fsp3) is 0.400. The molecule has 12 heteroatoms. The number of aromatic nitrogens is 5. The Bertz CT molecular complexity index is 1690. The highest BCUT2D eigenvalue weighted by Crippen LogP contribution is 2.37. The van der Waals surface area contributed by atoms with Gasteiger partial charge < -0.3 is 24.9 Å². The van der Waals surface area contributed by atoms with Crippen molar-refractivity contribution < 1.29 is 13.9 Å². The Kier molecular flexibility index (Phi) is 7.54. The van der Waals surface area contributed by atoms with Gasteiger partial charge in [-0.1, -0.05) is 36.6 Å². The molecule has 3 N–H and O–H groups in total. The Hall–Kier alpha value is -3.93. The van der Waals surface area contributed by atoms with Gasteiger partial charge in [-0.3, -0.25) is 4.90 Å². The predicted octanol–water partition coefficient (Wildman–Crippen LogP) is 5.83. The zero-order valence-corrected chi connectivity index (χ0v) is 24.0. The lowest BCUT2D eigenvalue weighted by molar-refractivity contribution is 0.0358. The molecule has 1 aliphatic heterocycles. The van der Waals surface area contributed by atoms with Crippen LogP contribution in [-0.2, 0) is 4.74 Å². The first-order chi connectivity index (χ1) is 20.6. The van der Waals surface area contributed by atoms with Gasteiger partial charge in [0.1, 0.15) is 23.4 Å². The molecule has 1 aliphatic carbocycles. The third-order valence-corrected chi connectivity index (χ3v) is 8.22. The van der Waals surface area contributed by atoms with E-state index in [2.05, 4.69) is 25.2 Å². The van der Waals surface area contributed by atoms with Crippen molar-refractivity contribution in [2.45, 2.75) is 38.1 Å². The molecule has 2 aromatic carbocycles. The van der Waals surface area contributed by atoms with Crippen LogP contribution in [-0.4, -0.2) is 69.1 Å². The second kappa shape index (κ2) is 11.7. The minimum absolute atomic E-state index is 0.336. The zero-order valence-electron chi connectivity index (χ0n) is 23.3. The lowest BCUT2D eigenvalue weighted by atomic mass is 10.1. The van der Waals surface area contributed by atoms with E-state index in [9.17, 15) is 0 Å². The second-order valence-corrected chi connectivity index (χ2v) is 11.3. The number of benzene rings is 2. The summed E-state index contributed by atoms with van der Waals surface area (Å²) in [7, 11) is 0. The van der Waals surface area contributed by atoms with Gasteiger partial charge in [-0.05, 0) is 37.5 Å². The van der Waals surface area contributed by atoms with E-state index in [4.69, 9.17) is 36.3 Å². The summed E-state index contributed by atoms with van der Waals surface area (Å²) in [6.07, 6.45) is 7.00. The number of nitrogens with one attached hydrogen (secondary N) is 1. The molecule has 0 bridgehead atoms. The maximum atomic E-state index is 6.37. The van der Waals surface area contributed by atoms with E-state index in [1.807, 2.05) is 28.9 Å². The third kappa shape index (κ3) is 5.47. The van der Waals surface area contributed by atoms with Crippen molar-refractivity contribution in [2.24, 2.45) is 0 Å². The molecule has 0 unspecified atom stereocenters. The molecule has 11 nitrogen and oxygen atoms in total. The minimum atomic E-state index is 0.336. The van der Waals surface area contributed by atoms with Gasteiger partial charge in [0.25, 0.3) is 6.01 Å². The van der Waals surface area contributed by atoms with Gasteiger partial charge in [0.15, 0.2) is 17.0 Å². The molecule has 5 aromatic rings.